The lowest BCUT2D eigenvalue weighted by Crippen LogP contribution is -2.11. The third kappa shape index (κ3) is 6.70. The summed E-state index contributed by atoms with van der Waals surface area (Å²) in [6.07, 6.45) is 3.62. The number of rotatable bonds is 10. The van der Waals surface area contributed by atoms with Gasteiger partial charge in [-0.15, -0.1) is 0 Å². The second kappa shape index (κ2) is 9.94. The molecule has 0 aliphatic carbocycles. The third-order valence-corrected chi connectivity index (χ3v) is 2.85. The van der Waals surface area contributed by atoms with Crippen LogP contribution in [0.25, 0.3) is 0 Å². The molecule has 1 rings (SSSR count). The number of aliphatic hydroxyl groups is 1. The molecule has 6 nitrogen and oxygen atoms in total. The van der Waals surface area contributed by atoms with Crippen molar-refractivity contribution < 1.29 is 9.84 Å². The molecule has 0 bridgehead atoms. The normalized spacial score (nSPS) is 10.5. The fourth-order valence-corrected chi connectivity index (χ4v) is 1.69. The van der Waals surface area contributed by atoms with Crippen LogP contribution in [0, 0.1) is 0 Å². The van der Waals surface area contributed by atoms with E-state index in [1.807, 2.05) is 0 Å². The van der Waals surface area contributed by atoms with Gasteiger partial charge >= 0.3 is 0 Å². The Morgan fingerprint density at radius 1 is 1.32 bits per heavy atom. The fourth-order valence-electron chi connectivity index (χ4n) is 1.36. The van der Waals surface area contributed by atoms with Crippen LogP contribution in [0.3, 0.4) is 0 Å². The number of nitrogens with one attached hydrogen (secondary N) is 2. The van der Waals surface area contributed by atoms with E-state index in [0.717, 1.165) is 36.2 Å². The van der Waals surface area contributed by atoms with Crippen molar-refractivity contribution in [2.75, 3.05) is 43.5 Å². The van der Waals surface area contributed by atoms with Gasteiger partial charge < -0.3 is 20.5 Å². The van der Waals surface area contributed by atoms with Crippen LogP contribution < -0.4 is 10.6 Å². The van der Waals surface area contributed by atoms with E-state index in [9.17, 15) is 0 Å². The highest BCUT2D eigenvalue weighted by atomic mass is 79.9. The Bertz CT molecular complexity index is 366. The van der Waals surface area contributed by atoms with Gasteiger partial charge in [0, 0.05) is 25.9 Å². The van der Waals surface area contributed by atoms with Gasteiger partial charge in [0.05, 0.1) is 17.7 Å². The monoisotopic (exact) mass is 332 g/mol. The smallest absolute Gasteiger partial charge is 0.224 e. The van der Waals surface area contributed by atoms with Crippen molar-refractivity contribution in [2.45, 2.75) is 19.8 Å². The average Bonchev–Trinajstić information content (AvgIpc) is 2.43. The maximum atomic E-state index is 8.57. The number of aromatic nitrogens is 2. The minimum atomic E-state index is 0.0668. The molecule has 7 heteroatoms. The van der Waals surface area contributed by atoms with E-state index in [-0.39, 0.29) is 6.61 Å². The molecule has 19 heavy (non-hydrogen) atoms. The molecule has 1 aromatic heterocycles. The summed E-state index contributed by atoms with van der Waals surface area (Å²) in [5, 5.41) is 14.9. The van der Waals surface area contributed by atoms with Crippen molar-refractivity contribution in [1.29, 1.82) is 0 Å². The minimum absolute atomic E-state index is 0.0668. The van der Waals surface area contributed by atoms with Crippen molar-refractivity contribution >= 4 is 27.7 Å². The molecule has 0 saturated carbocycles. The predicted octanol–water partition coefficient (Wildman–Crippen LogP) is 1.87. The van der Waals surface area contributed by atoms with Crippen LogP contribution in [-0.2, 0) is 4.74 Å². The molecule has 0 spiro atoms. The summed E-state index contributed by atoms with van der Waals surface area (Å²) in [7, 11) is 0. The standard InChI is InChI=1S/C12H21BrN4O2/c1-2-4-15-12-16-9-10(13)11(17-12)14-5-3-7-19-8-6-18/h9,18H,2-8H2,1H3,(H2,14,15,16,17). The summed E-state index contributed by atoms with van der Waals surface area (Å²) < 4.78 is 6.02. The summed E-state index contributed by atoms with van der Waals surface area (Å²) in [5.41, 5.74) is 0. The van der Waals surface area contributed by atoms with Crippen LogP contribution in [-0.4, -0.2) is 48.0 Å². The zero-order valence-corrected chi connectivity index (χ0v) is 12.7. The molecule has 3 N–H and O–H groups in total. The largest absolute Gasteiger partial charge is 0.394 e. The Kier molecular flexibility index (Phi) is 8.44. The molecule has 0 aliphatic rings. The molecule has 0 fully saturated rings. The highest BCUT2D eigenvalue weighted by Gasteiger charge is 2.03. The van der Waals surface area contributed by atoms with Crippen LogP contribution in [0.5, 0.6) is 0 Å². The zero-order chi connectivity index (χ0) is 13.9. The second-order valence-electron chi connectivity index (χ2n) is 3.93. The van der Waals surface area contributed by atoms with Crippen LogP contribution in [0.2, 0.25) is 0 Å². The number of hydrogen-bond acceptors (Lipinski definition) is 6. The summed E-state index contributed by atoms with van der Waals surface area (Å²) >= 11 is 3.41. The first-order valence-corrected chi connectivity index (χ1v) is 7.26. The number of hydrogen-bond donors (Lipinski definition) is 3. The quantitative estimate of drug-likeness (QED) is 0.568. The van der Waals surface area contributed by atoms with Crippen molar-refractivity contribution in [2.24, 2.45) is 0 Å². The van der Waals surface area contributed by atoms with E-state index >= 15 is 0 Å². The third-order valence-electron chi connectivity index (χ3n) is 2.27. The van der Waals surface area contributed by atoms with Gasteiger partial charge in [-0.2, -0.15) is 4.98 Å². The van der Waals surface area contributed by atoms with E-state index in [4.69, 9.17) is 9.84 Å². The van der Waals surface area contributed by atoms with Gasteiger partial charge in [0.15, 0.2) is 0 Å². The molecule has 1 heterocycles. The second-order valence-corrected chi connectivity index (χ2v) is 4.79. The van der Waals surface area contributed by atoms with Crippen LogP contribution in [0.4, 0.5) is 11.8 Å². The lowest BCUT2D eigenvalue weighted by Gasteiger charge is -2.09. The maximum Gasteiger partial charge on any atom is 0.224 e. The van der Waals surface area contributed by atoms with Crippen LogP contribution >= 0.6 is 15.9 Å². The van der Waals surface area contributed by atoms with Crippen LogP contribution in [0.15, 0.2) is 10.7 Å². The van der Waals surface area contributed by atoms with Gasteiger partial charge in [0.25, 0.3) is 0 Å². The van der Waals surface area contributed by atoms with Gasteiger partial charge in [0.2, 0.25) is 5.95 Å². The molecule has 0 unspecified atom stereocenters. The van der Waals surface area contributed by atoms with E-state index in [2.05, 4.69) is 43.5 Å². The average molecular weight is 333 g/mol. The van der Waals surface area contributed by atoms with E-state index in [1.54, 1.807) is 6.20 Å². The zero-order valence-electron chi connectivity index (χ0n) is 11.2. The summed E-state index contributed by atoms with van der Waals surface area (Å²) in [6, 6.07) is 0. The van der Waals surface area contributed by atoms with E-state index in [0.29, 0.717) is 19.2 Å². The lowest BCUT2D eigenvalue weighted by atomic mass is 10.4. The van der Waals surface area contributed by atoms with Gasteiger partial charge in [-0.25, -0.2) is 4.98 Å². The molecular weight excluding hydrogens is 312 g/mol. The lowest BCUT2D eigenvalue weighted by molar-refractivity contribution is 0.0922. The van der Waals surface area contributed by atoms with Crippen molar-refractivity contribution in [1.82, 2.24) is 9.97 Å². The van der Waals surface area contributed by atoms with Crippen molar-refractivity contribution in [3.05, 3.63) is 10.7 Å². The highest BCUT2D eigenvalue weighted by Crippen LogP contribution is 2.19. The number of ether oxygens (including phenoxy) is 1. The Morgan fingerprint density at radius 2 is 2.16 bits per heavy atom. The number of anilines is 2. The van der Waals surface area contributed by atoms with Crippen molar-refractivity contribution in [3.63, 3.8) is 0 Å². The highest BCUT2D eigenvalue weighted by molar-refractivity contribution is 9.10. The Labute approximate surface area is 122 Å². The number of aliphatic hydroxyl groups excluding tert-OH is 1. The predicted molar refractivity (Wildman–Crippen MR) is 79.5 cm³/mol. The molecule has 108 valence electrons. The van der Waals surface area contributed by atoms with Gasteiger partial charge in [-0.1, -0.05) is 6.92 Å². The molecule has 0 aliphatic heterocycles. The number of halogens is 1. The molecular formula is C12H21BrN4O2. The van der Waals surface area contributed by atoms with E-state index in [1.165, 1.54) is 0 Å². The van der Waals surface area contributed by atoms with Gasteiger partial charge in [-0.3, -0.25) is 0 Å². The minimum Gasteiger partial charge on any atom is -0.394 e. The maximum absolute atomic E-state index is 8.57. The first-order valence-electron chi connectivity index (χ1n) is 6.46. The molecule has 0 amide bonds. The van der Waals surface area contributed by atoms with Gasteiger partial charge in [-0.05, 0) is 28.8 Å². The van der Waals surface area contributed by atoms with Crippen molar-refractivity contribution in [3.8, 4) is 0 Å². The first kappa shape index (κ1) is 16.1. The Hall–Kier alpha value is -0.920. The SMILES string of the molecule is CCCNc1ncc(Br)c(NCCCOCCO)n1. The molecule has 0 atom stereocenters. The molecule has 0 radical (unpaired) electrons. The topological polar surface area (TPSA) is 79.3 Å². The first-order chi connectivity index (χ1) is 9.27. The summed E-state index contributed by atoms with van der Waals surface area (Å²) in [6.45, 7) is 4.79. The van der Waals surface area contributed by atoms with E-state index < -0.39 is 0 Å². The Morgan fingerprint density at radius 3 is 2.89 bits per heavy atom. The van der Waals surface area contributed by atoms with Crippen LogP contribution in [0.1, 0.15) is 19.8 Å². The summed E-state index contributed by atoms with van der Waals surface area (Å²) in [5.74, 6) is 1.40. The van der Waals surface area contributed by atoms with Gasteiger partial charge in [0.1, 0.15) is 5.82 Å². The molecule has 1 aromatic rings. The molecule has 0 aromatic carbocycles. The Balaban J connectivity index is 2.34. The number of nitrogens with zero attached hydrogens (tertiary/aromatic N) is 2. The summed E-state index contributed by atoms with van der Waals surface area (Å²) in [4.78, 5) is 8.57. The molecule has 0 saturated heterocycles. The fraction of sp³-hybridized carbons (Fsp3) is 0.667.